The average molecular weight is 276 g/mol. The first-order valence-electron chi connectivity index (χ1n) is 5.78. The largest absolute Gasteiger partial charge is 0.308 e. The summed E-state index contributed by atoms with van der Waals surface area (Å²) >= 11 is 3.15. The first-order valence-corrected chi connectivity index (χ1v) is 7.54. The van der Waals surface area contributed by atoms with Crippen LogP contribution in [0.25, 0.3) is 10.1 Å². The smallest absolute Gasteiger partial charge is 0.268 e. The number of aromatic nitrogens is 2. The van der Waals surface area contributed by atoms with E-state index in [0.29, 0.717) is 6.54 Å². The molecule has 0 saturated carbocycles. The monoisotopic (exact) mass is 276 g/mol. The highest BCUT2D eigenvalue weighted by Gasteiger charge is 2.06. The molecule has 92 valence electrons. The maximum atomic E-state index is 12.2. The normalized spacial score (nSPS) is 11.2. The molecule has 0 atom stereocenters. The highest BCUT2D eigenvalue weighted by atomic mass is 32.1. The second-order valence-corrected chi connectivity index (χ2v) is 5.90. The lowest BCUT2D eigenvalue weighted by molar-refractivity contribution is 0.749. The van der Waals surface area contributed by atoms with E-state index in [1.165, 1.54) is 11.3 Å². The third kappa shape index (κ3) is 2.00. The number of aryl methyl sites for hydroxylation is 1. The van der Waals surface area contributed by atoms with Crippen LogP contribution in [0.1, 0.15) is 17.6 Å². The zero-order valence-corrected chi connectivity index (χ0v) is 11.6. The van der Waals surface area contributed by atoms with Crippen LogP contribution in [-0.2, 0) is 13.0 Å². The fraction of sp³-hybridized carbons (Fsp3) is 0.231. The zero-order valence-electron chi connectivity index (χ0n) is 9.92. The van der Waals surface area contributed by atoms with E-state index in [1.54, 1.807) is 15.9 Å². The Labute approximate surface area is 112 Å². The molecule has 0 amide bonds. The van der Waals surface area contributed by atoms with Gasteiger partial charge in [-0.15, -0.1) is 22.7 Å². The maximum Gasteiger partial charge on any atom is 0.268 e. The Kier molecular flexibility index (Phi) is 3.01. The van der Waals surface area contributed by atoms with Crippen LogP contribution in [-0.4, -0.2) is 9.55 Å². The summed E-state index contributed by atoms with van der Waals surface area (Å²) in [6, 6.07) is 3.96. The van der Waals surface area contributed by atoms with Crippen LogP contribution >= 0.6 is 22.7 Å². The number of pyridine rings is 1. The van der Waals surface area contributed by atoms with Gasteiger partial charge in [0.2, 0.25) is 0 Å². The minimum Gasteiger partial charge on any atom is -0.308 e. The Balaban J connectivity index is 1.99. The lowest BCUT2D eigenvalue weighted by Gasteiger charge is -2.02. The van der Waals surface area contributed by atoms with Crippen molar-refractivity contribution >= 4 is 32.8 Å². The first-order chi connectivity index (χ1) is 8.78. The molecule has 3 aromatic heterocycles. The van der Waals surface area contributed by atoms with Gasteiger partial charge >= 0.3 is 0 Å². The second kappa shape index (κ2) is 4.66. The van der Waals surface area contributed by atoms with E-state index < -0.39 is 0 Å². The molecule has 3 rings (SSSR count). The first kappa shape index (κ1) is 11.6. The molecule has 3 heterocycles. The van der Waals surface area contributed by atoms with Gasteiger partial charge in [0.1, 0.15) is 0 Å². The minimum atomic E-state index is 0.0774. The Morgan fingerprint density at radius 2 is 2.22 bits per heavy atom. The molecule has 0 aliphatic rings. The van der Waals surface area contributed by atoms with E-state index in [2.05, 4.69) is 11.9 Å². The van der Waals surface area contributed by atoms with Gasteiger partial charge in [0.15, 0.2) is 0 Å². The van der Waals surface area contributed by atoms with Gasteiger partial charge in [0.05, 0.1) is 21.9 Å². The van der Waals surface area contributed by atoms with Crippen molar-refractivity contribution in [3.63, 3.8) is 0 Å². The Hall–Kier alpha value is -1.46. The molecule has 0 aromatic carbocycles. The van der Waals surface area contributed by atoms with Gasteiger partial charge in [-0.3, -0.25) is 4.79 Å². The van der Waals surface area contributed by atoms with Crippen molar-refractivity contribution in [3.8, 4) is 0 Å². The van der Waals surface area contributed by atoms with Gasteiger partial charge in [0, 0.05) is 11.6 Å². The molecular formula is C13H12N2OS2. The van der Waals surface area contributed by atoms with Crippen molar-refractivity contribution in [1.29, 1.82) is 0 Å². The molecule has 0 aliphatic carbocycles. The summed E-state index contributed by atoms with van der Waals surface area (Å²) in [5.41, 5.74) is 1.04. The third-order valence-corrected chi connectivity index (χ3v) is 4.78. The van der Waals surface area contributed by atoms with Crippen LogP contribution < -0.4 is 5.56 Å². The van der Waals surface area contributed by atoms with Gasteiger partial charge in [-0.05, 0) is 29.3 Å². The lowest BCUT2D eigenvalue weighted by Crippen LogP contribution is -2.19. The summed E-state index contributed by atoms with van der Waals surface area (Å²) in [6.07, 6.45) is 2.80. The fourth-order valence-corrected chi connectivity index (χ4v) is 3.45. The second-order valence-electron chi connectivity index (χ2n) is 4.04. The molecular weight excluding hydrogens is 264 g/mol. The van der Waals surface area contributed by atoms with Crippen molar-refractivity contribution in [1.82, 2.24) is 9.55 Å². The number of hydrogen-bond acceptors (Lipinski definition) is 4. The van der Waals surface area contributed by atoms with E-state index >= 15 is 0 Å². The summed E-state index contributed by atoms with van der Waals surface area (Å²) < 4.78 is 2.55. The molecule has 3 aromatic rings. The quantitative estimate of drug-likeness (QED) is 0.736. The van der Waals surface area contributed by atoms with Crippen LogP contribution in [0.2, 0.25) is 0 Å². The molecule has 0 unspecified atom stereocenters. The molecule has 0 aliphatic heterocycles. The highest BCUT2D eigenvalue weighted by Crippen LogP contribution is 2.16. The van der Waals surface area contributed by atoms with E-state index in [0.717, 1.165) is 27.2 Å². The summed E-state index contributed by atoms with van der Waals surface area (Å²) in [5, 5.41) is 6.13. The third-order valence-electron chi connectivity index (χ3n) is 2.82. The molecule has 0 spiro atoms. The minimum absolute atomic E-state index is 0.0774. The molecule has 18 heavy (non-hydrogen) atoms. The molecule has 0 N–H and O–H groups in total. The molecule has 3 nitrogen and oxygen atoms in total. The molecule has 5 heteroatoms. The molecule has 0 saturated heterocycles. The topological polar surface area (TPSA) is 34.9 Å². The van der Waals surface area contributed by atoms with E-state index in [1.807, 2.05) is 29.1 Å². The van der Waals surface area contributed by atoms with Crippen molar-refractivity contribution in [3.05, 3.63) is 50.1 Å². The lowest BCUT2D eigenvalue weighted by atomic mass is 10.3. The van der Waals surface area contributed by atoms with Gasteiger partial charge in [-0.25, -0.2) is 4.98 Å². The zero-order chi connectivity index (χ0) is 12.5. The van der Waals surface area contributed by atoms with E-state index in [9.17, 15) is 4.79 Å². The average Bonchev–Trinajstić information content (AvgIpc) is 3.01. The van der Waals surface area contributed by atoms with E-state index in [4.69, 9.17) is 0 Å². The van der Waals surface area contributed by atoms with Gasteiger partial charge in [0.25, 0.3) is 5.56 Å². The number of thiazole rings is 1. The van der Waals surface area contributed by atoms with Crippen LogP contribution in [0.15, 0.2) is 33.9 Å². The van der Waals surface area contributed by atoms with Crippen molar-refractivity contribution in [2.24, 2.45) is 0 Å². The molecule has 0 bridgehead atoms. The van der Waals surface area contributed by atoms with Gasteiger partial charge < -0.3 is 4.57 Å². The van der Waals surface area contributed by atoms with Crippen LogP contribution in [0.3, 0.4) is 0 Å². The summed E-state index contributed by atoms with van der Waals surface area (Å²) in [4.78, 5) is 16.7. The predicted molar refractivity (Wildman–Crippen MR) is 76.7 cm³/mol. The number of nitrogens with zero attached hydrogens (tertiary/aromatic N) is 2. The highest BCUT2D eigenvalue weighted by molar-refractivity contribution is 7.17. The predicted octanol–water partition coefficient (Wildman–Crippen LogP) is 3.13. The fourth-order valence-electron chi connectivity index (χ4n) is 1.88. The van der Waals surface area contributed by atoms with Crippen molar-refractivity contribution < 1.29 is 0 Å². The summed E-state index contributed by atoms with van der Waals surface area (Å²) in [7, 11) is 0. The van der Waals surface area contributed by atoms with E-state index in [-0.39, 0.29) is 5.56 Å². The number of rotatable bonds is 3. The van der Waals surface area contributed by atoms with Gasteiger partial charge in [-0.1, -0.05) is 6.92 Å². The SMILES string of the molecule is CCc1nc(Cn2ccc3ccsc3c2=O)cs1. The van der Waals surface area contributed by atoms with Crippen molar-refractivity contribution in [2.75, 3.05) is 0 Å². The standard InChI is InChI=1S/C13H12N2OS2/c1-2-11-14-10(8-18-11)7-15-5-3-9-4-6-17-12(9)13(15)16/h3-6,8H,2,7H2,1H3. The van der Waals surface area contributed by atoms with Crippen LogP contribution in [0.4, 0.5) is 0 Å². The maximum absolute atomic E-state index is 12.2. The molecule has 0 fully saturated rings. The summed E-state index contributed by atoms with van der Waals surface area (Å²) in [5.74, 6) is 0. The number of hydrogen-bond donors (Lipinski definition) is 0. The number of fused-ring (bicyclic) bond motifs is 1. The summed E-state index contributed by atoms with van der Waals surface area (Å²) in [6.45, 7) is 2.65. The number of thiophene rings is 1. The van der Waals surface area contributed by atoms with Crippen LogP contribution in [0, 0.1) is 0 Å². The van der Waals surface area contributed by atoms with Crippen molar-refractivity contribution in [2.45, 2.75) is 19.9 Å². The Morgan fingerprint density at radius 1 is 1.33 bits per heavy atom. The Bertz CT molecular complexity index is 739. The van der Waals surface area contributed by atoms with Gasteiger partial charge in [-0.2, -0.15) is 0 Å². The molecule has 0 radical (unpaired) electrons. The van der Waals surface area contributed by atoms with Crippen LogP contribution in [0.5, 0.6) is 0 Å². The Morgan fingerprint density at radius 3 is 3.00 bits per heavy atom.